The van der Waals surface area contributed by atoms with Crippen molar-refractivity contribution in [1.29, 1.82) is 0 Å². The predicted molar refractivity (Wildman–Crippen MR) is 82.0 cm³/mol. The number of nitrogens with two attached hydrogens (primary N) is 1. The molecule has 0 aromatic carbocycles. The molecule has 6 nitrogen and oxygen atoms in total. The molecule has 0 bridgehead atoms. The van der Waals surface area contributed by atoms with E-state index in [0.717, 1.165) is 19.4 Å². The standard InChI is InChI=1S/C14H27N5O/c1-5-7-8-9-19(11(3)4)13-16-12(15)17-14(18-13)20-10-6-2/h11H,5-10H2,1-4H3,(H2,15,16,17,18). The molecule has 0 saturated heterocycles. The Morgan fingerprint density at radius 3 is 2.45 bits per heavy atom. The van der Waals surface area contributed by atoms with Crippen molar-refractivity contribution in [3.63, 3.8) is 0 Å². The molecule has 0 radical (unpaired) electrons. The minimum atomic E-state index is 0.210. The lowest BCUT2D eigenvalue weighted by Gasteiger charge is -2.26. The fourth-order valence-corrected chi connectivity index (χ4v) is 1.87. The van der Waals surface area contributed by atoms with E-state index in [1.54, 1.807) is 0 Å². The van der Waals surface area contributed by atoms with Gasteiger partial charge in [-0.1, -0.05) is 26.7 Å². The lowest BCUT2D eigenvalue weighted by Crippen LogP contribution is -2.33. The number of anilines is 2. The van der Waals surface area contributed by atoms with Crippen LogP contribution in [0.4, 0.5) is 11.9 Å². The maximum Gasteiger partial charge on any atom is 0.323 e. The highest BCUT2D eigenvalue weighted by molar-refractivity contribution is 5.36. The third kappa shape index (κ3) is 5.19. The van der Waals surface area contributed by atoms with Crippen molar-refractivity contribution in [2.75, 3.05) is 23.8 Å². The van der Waals surface area contributed by atoms with Crippen LogP contribution < -0.4 is 15.4 Å². The van der Waals surface area contributed by atoms with E-state index in [4.69, 9.17) is 10.5 Å². The summed E-state index contributed by atoms with van der Waals surface area (Å²) in [5.74, 6) is 0.817. The lowest BCUT2D eigenvalue weighted by atomic mass is 10.2. The normalized spacial score (nSPS) is 10.8. The van der Waals surface area contributed by atoms with Gasteiger partial charge in [-0.3, -0.25) is 0 Å². The van der Waals surface area contributed by atoms with Crippen molar-refractivity contribution in [2.45, 2.75) is 59.4 Å². The van der Waals surface area contributed by atoms with Gasteiger partial charge in [0, 0.05) is 12.6 Å². The predicted octanol–water partition coefficient (Wildman–Crippen LogP) is 2.65. The molecule has 0 saturated carbocycles. The largest absolute Gasteiger partial charge is 0.463 e. The van der Waals surface area contributed by atoms with Crippen molar-refractivity contribution < 1.29 is 4.74 Å². The van der Waals surface area contributed by atoms with E-state index in [-0.39, 0.29) is 5.95 Å². The van der Waals surface area contributed by atoms with Crippen molar-refractivity contribution >= 4 is 11.9 Å². The molecule has 2 N–H and O–H groups in total. The Labute approximate surface area is 121 Å². The van der Waals surface area contributed by atoms with Crippen LogP contribution >= 0.6 is 0 Å². The summed E-state index contributed by atoms with van der Waals surface area (Å²) < 4.78 is 5.46. The van der Waals surface area contributed by atoms with Crippen LogP contribution in [0.1, 0.15) is 53.4 Å². The Hall–Kier alpha value is -1.59. The van der Waals surface area contributed by atoms with Crippen LogP contribution in [0.3, 0.4) is 0 Å². The molecule has 6 heteroatoms. The van der Waals surface area contributed by atoms with Gasteiger partial charge < -0.3 is 15.4 Å². The second kappa shape index (κ2) is 8.55. The molecular formula is C14H27N5O. The highest BCUT2D eigenvalue weighted by atomic mass is 16.5. The molecule has 1 heterocycles. The van der Waals surface area contributed by atoms with E-state index in [1.807, 2.05) is 6.92 Å². The minimum absolute atomic E-state index is 0.210. The molecule has 0 fully saturated rings. The van der Waals surface area contributed by atoms with Gasteiger partial charge in [0.1, 0.15) is 0 Å². The van der Waals surface area contributed by atoms with Gasteiger partial charge in [0.05, 0.1) is 6.61 Å². The quantitative estimate of drug-likeness (QED) is 0.701. The zero-order valence-corrected chi connectivity index (χ0v) is 13.1. The first-order valence-electron chi connectivity index (χ1n) is 7.49. The van der Waals surface area contributed by atoms with E-state index >= 15 is 0 Å². The Morgan fingerprint density at radius 1 is 1.10 bits per heavy atom. The first-order valence-corrected chi connectivity index (χ1v) is 7.49. The van der Waals surface area contributed by atoms with Crippen molar-refractivity contribution in [3.8, 4) is 6.01 Å². The lowest BCUT2D eigenvalue weighted by molar-refractivity contribution is 0.291. The Balaban J connectivity index is 2.85. The zero-order chi connectivity index (χ0) is 15.0. The Bertz CT molecular complexity index is 397. The molecule has 0 atom stereocenters. The molecule has 0 aliphatic carbocycles. The molecule has 1 aromatic rings. The maximum absolute atomic E-state index is 5.76. The van der Waals surface area contributed by atoms with Gasteiger partial charge >= 0.3 is 6.01 Å². The maximum atomic E-state index is 5.76. The number of aromatic nitrogens is 3. The van der Waals surface area contributed by atoms with Crippen molar-refractivity contribution in [1.82, 2.24) is 15.0 Å². The number of rotatable bonds is 9. The second-order valence-electron chi connectivity index (χ2n) is 5.12. The molecular weight excluding hydrogens is 254 g/mol. The smallest absolute Gasteiger partial charge is 0.323 e. The summed E-state index contributed by atoms with van der Waals surface area (Å²) >= 11 is 0. The third-order valence-corrected chi connectivity index (χ3v) is 2.94. The summed E-state index contributed by atoms with van der Waals surface area (Å²) in [5, 5.41) is 0. The monoisotopic (exact) mass is 281 g/mol. The number of nitrogen functional groups attached to an aromatic ring is 1. The highest BCUT2D eigenvalue weighted by Crippen LogP contribution is 2.17. The topological polar surface area (TPSA) is 77.2 Å². The van der Waals surface area contributed by atoms with Crippen LogP contribution in [0.25, 0.3) is 0 Å². The van der Waals surface area contributed by atoms with Crippen LogP contribution in [-0.2, 0) is 0 Å². The molecule has 0 unspecified atom stereocenters. The van der Waals surface area contributed by atoms with Gasteiger partial charge in [0.25, 0.3) is 0 Å². The molecule has 114 valence electrons. The van der Waals surface area contributed by atoms with Crippen molar-refractivity contribution in [3.05, 3.63) is 0 Å². The summed E-state index contributed by atoms with van der Waals surface area (Å²) in [6.45, 7) is 9.98. The van der Waals surface area contributed by atoms with Gasteiger partial charge in [0.15, 0.2) is 0 Å². The zero-order valence-electron chi connectivity index (χ0n) is 13.1. The molecule has 0 spiro atoms. The number of nitrogens with zero attached hydrogens (tertiary/aromatic N) is 4. The summed E-state index contributed by atoms with van der Waals surface area (Å²) in [6.07, 6.45) is 4.41. The fourth-order valence-electron chi connectivity index (χ4n) is 1.87. The molecule has 0 amide bonds. The Morgan fingerprint density at radius 2 is 1.85 bits per heavy atom. The van der Waals surface area contributed by atoms with Crippen LogP contribution in [0.2, 0.25) is 0 Å². The van der Waals surface area contributed by atoms with Crippen molar-refractivity contribution in [2.24, 2.45) is 0 Å². The SMILES string of the molecule is CCCCCN(c1nc(N)nc(OCCC)n1)C(C)C. The number of unbranched alkanes of at least 4 members (excludes halogenated alkanes) is 2. The molecule has 1 aromatic heterocycles. The van der Waals surface area contributed by atoms with Crippen LogP contribution in [0.5, 0.6) is 6.01 Å². The number of hydrogen-bond acceptors (Lipinski definition) is 6. The average Bonchev–Trinajstić information content (AvgIpc) is 2.40. The van der Waals surface area contributed by atoms with Crippen LogP contribution in [-0.4, -0.2) is 34.1 Å². The van der Waals surface area contributed by atoms with Gasteiger partial charge in [-0.15, -0.1) is 0 Å². The first kappa shape index (κ1) is 16.5. The molecule has 0 aliphatic rings. The number of hydrogen-bond donors (Lipinski definition) is 1. The Kier molecular flexibility index (Phi) is 7.04. The minimum Gasteiger partial charge on any atom is -0.463 e. The fraction of sp³-hybridized carbons (Fsp3) is 0.786. The highest BCUT2D eigenvalue weighted by Gasteiger charge is 2.16. The third-order valence-electron chi connectivity index (χ3n) is 2.94. The van der Waals surface area contributed by atoms with E-state index in [2.05, 4.69) is 40.6 Å². The number of ether oxygens (including phenoxy) is 1. The second-order valence-corrected chi connectivity index (χ2v) is 5.12. The molecule has 0 aliphatic heterocycles. The van der Waals surface area contributed by atoms with E-state index in [9.17, 15) is 0 Å². The molecule has 20 heavy (non-hydrogen) atoms. The van der Waals surface area contributed by atoms with E-state index in [1.165, 1.54) is 12.8 Å². The summed E-state index contributed by atoms with van der Waals surface area (Å²) in [4.78, 5) is 14.8. The first-order chi connectivity index (χ1) is 9.58. The van der Waals surface area contributed by atoms with E-state index in [0.29, 0.717) is 24.6 Å². The summed E-state index contributed by atoms with van der Waals surface area (Å²) in [7, 11) is 0. The van der Waals surface area contributed by atoms with Crippen LogP contribution in [0.15, 0.2) is 0 Å². The van der Waals surface area contributed by atoms with Gasteiger partial charge in [-0.2, -0.15) is 15.0 Å². The molecule has 1 rings (SSSR count). The van der Waals surface area contributed by atoms with Gasteiger partial charge in [0.2, 0.25) is 11.9 Å². The summed E-state index contributed by atoms with van der Waals surface area (Å²) in [6, 6.07) is 0.628. The average molecular weight is 281 g/mol. The summed E-state index contributed by atoms with van der Waals surface area (Å²) in [5.41, 5.74) is 5.76. The van der Waals surface area contributed by atoms with Gasteiger partial charge in [-0.05, 0) is 26.7 Å². The van der Waals surface area contributed by atoms with Gasteiger partial charge in [-0.25, -0.2) is 0 Å². The van der Waals surface area contributed by atoms with E-state index < -0.39 is 0 Å². The van der Waals surface area contributed by atoms with Crippen LogP contribution in [0, 0.1) is 0 Å².